The van der Waals surface area contributed by atoms with E-state index in [1.807, 2.05) is 0 Å². The maximum Gasteiger partial charge on any atom is 0.209 e. The third-order valence-electron chi connectivity index (χ3n) is 2.31. The second-order valence-corrected chi connectivity index (χ2v) is 4.05. The Morgan fingerprint density at radius 1 is 0.611 bits per heavy atom. The van der Waals surface area contributed by atoms with E-state index in [0.717, 1.165) is 0 Å². The normalized spacial score (nSPS) is 15.2. The zero-order chi connectivity index (χ0) is 13.8. The van der Waals surface area contributed by atoms with Gasteiger partial charge in [-0.05, 0) is 0 Å². The van der Waals surface area contributed by atoms with Gasteiger partial charge < -0.3 is 0 Å². The van der Waals surface area contributed by atoms with E-state index in [9.17, 15) is 27.2 Å². The van der Waals surface area contributed by atoms with Crippen LogP contribution >= 0.6 is 23.2 Å². The number of hydrogen-bond donors (Lipinski definition) is 0. The maximum atomic E-state index is 13.4. The molecule has 1 aliphatic carbocycles. The molecule has 0 unspecified atom stereocenters. The number of carbonyl (C=O) groups excluding carboxylic acids is 2. The van der Waals surface area contributed by atoms with Gasteiger partial charge in [0.25, 0.3) is 0 Å². The number of hydrogen-bond acceptors (Lipinski definition) is 2. The predicted molar refractivity (Wildman–Crippen MR) is 53.7 cm³/mol. The Kier molecular flexibility index (Phi) is 2.95. The Morgan fingerprint density at radius 2 is 0.889 bits per heavy atom. The maximum absolute atomic E-state index is 13.4. The molecule has 0 atom stereocenters. The van der Waals surface area contributed by atoms with Gasteiger partial charge in [-0.15, -0.1) is 0 Å². The molecular weight excluding hydrogens is 299 g/mol. The van der Waals surface area contributed by atoms with Gasteiger partial charge >= 0.3 is 0 Å². The molecule has 0 fully saturated rings. The fourth-order valence-corrected chi connectivity index (χ4v) is 1.84. The van der Waals surface area contributed by atoms with Crippen molar-refractivity contribution < 1.29 is 27.2 Å². The largest absolute Gasteiger partial charge is 0.287 e. The molecule has 0 saturated heterocycles. The van der Waals surface area contributed by atoms with Crippen LogP contribution in [0.4, 0.5) is 17.6 Å². The van der Waals surface area contributed by atoms with Gasteiger partial charge in [-0.25, -0.2) is 17.6 Å². The summed E-state index contributed by atoms with van der Waals surface area (Å²) in [7, 11) is 0. The summed E-state index contributed by atoms with van der Waals surface area (Å²) in [5.41, 5.74) is -2.52. The highest BCUT2D eigenvalue weighted by molar-refractivity contribution is 6.59. The van der Waals surface area contributed by atoms with Gasteiger partial charge in [0, 0.05) is 0 Å². The van der Waals surface area contributed by atoms with E-state index in [1.165, 1.54) is 0 Å². The number of allylic oxidation sites excluding steroid dienone is 2. The van der Waals surface area contributed by atoms with Crippen LogP contribution < -0.4 is 0 Å². The lowest BCUT2D eigenvalue weighted by Crippen LogP contribution is -2.23. The van der Waals surface area contributed by atoms with Crippen molar-refractivity contribution in [3.05, 3.63) is 44.5 Å². The number of rotatable bonds is 0. The molecule has 94 valence electrons. The van der Waals surface area contributed by atoms with E-state index in [-0.39, 0.29) is 0 Å². The van der Waals surface area contributed by atoms with Crippen molar-refractivity contribution in [1.82, 2.24) is 0 Å². The van der Waals surface area contributed by atoms with Crippen molar-refractivity contribution in [3.63, 3.8) is 0 Å². The topological polar surface area (TPSA) is 34.1 Å². The quantitative estimate of drug-likeness (QED) is 0.418. The molecule has 0 saturated carbocycles. The van der Waals surface area contributed by atoms with Crippen LogP contribution in [0.5, 0.6) is 0 Å². The van der Waals surface area contributed by atoms with Crippen molar-refractivity contribution in [3.8, 4) is 0 Å². The number of benzene rings is 1. The standard InChI is InChI=1S/C10Cl2F4O2/c11-3-4(12)10(18)2-1(9(3)17)5(13)7(15)8(16)6(2)14. The molecule has 0 amide bonds. The number of Topliss-reactive ketones (excluding diaryl/α,β-unsaturated/α-hetero) is 2. The highest BCUT2D eigenvalue weighted by atomic mass is 35.5. The van der Waals surface area contributed by atoms with Crippen molar-refractivity contribution in [2.75, 3.05) is 0 Å². The molecule has 18 heavy (non-hydrogen) atoms. The predicted octanol–water partition coefficient (Wildman–Crippen LogP) is 3.31. The van der Waals surface area contributed by atoms with Crippen LogP contribution in [-0.4, -0.2) is 11.6 Å². The van der Waals surface area contributed by atoms with Gasteiger partial charge in [-0.1, -0.05) is 23.2 Å². The first-order chi connectivity index (χ1) is 8.29. The smallest absolute Gasteiger partial charge is 0.209 e. The van der Waals surface area contributed by atoms with Crippen LogP contribution in [0.15, 0.2) is 10.1 Å². The van der Waals surface area contributed by atoms with Gasteiger partial charge in [0.1, 0.15) is 10.1 Å². The fraction of sp³-hybridized carbons (Fsp3) is 0. The summed E-state index contributed by atoms with van der Waals surface area (Å²) in [4.78, 5) is 23.0. The van der Waals surface area contributed by atoms with Crippen LogP contribution in [0.3, 0.4) is 0 Å². The van der Waals surface area contributed by atoms with Crippen molar-refractivity contribution in [1.29, 1.82) is 0 Å². The summed E-state index contributed by atoms with van der Waals surface area (Å²) in [5.74, 6) is -11.1. The Morgan fingerprint density at radius 3 is 1.17 bits per heavy atom. The van der Waals surface area contributed by atoms with E-state index in [1.54, 1.807) is 0 Å². The summed E-state index contributed by atoms with van der Waals surface area (Å²) in [6.45, 7) is 0. The van der Waals surface area contributed by atoms with E-state index in [0.29, 0.717) is 0 Å². The average Bonchev–Trinajstić information content (AvgIpc) is 2.35. The number of ketones is 2. The Hall–Kier alpha value is -1.40. The molecule has 2 nitrogen and oxygen atoms in total. The zero-order valence-electron chi connectivity index (χ0n) is 8.08. The van der Waals surface area contributed by atoms with Crippen molar-refractivity contribution in [2.24, 2.45) is 0 Å². The summed E-state index contributed by atoms with van der Waals surface area (Å²) < 4.78 is 52.7. The molecule has 0 aromatic heterocycles. The molecule has 0 aliphatic heterocycles. The SMILES string of the molecule is O=C1C(Cl)=C(Cl)C(=O)c2c(F)c(F)c(F)c(F)c21. The van der Waals surface area contributed by atoms with Gasteiger partial charge in [-0.2, -0.15) is 0 Å². The number of carbonyl (C=O) groups is 2. The van der Waals surface area contributed by atoms with E-state index in [2.05, 4.69) is 0 Å². The van der Waals surface area contributed by atoms with Gasteiger partial charge in [0.15, 0.2) is 23.3 Å². The average molecular weight is 299 g/mol. The molecule has 0 bridgehead atoms. The first-order valence-electron chi connectivity index (χ1n) is 4.29. The second-order valence-electron chi connectivity index (χ2n) is 3.29. The zero-order valence-corrected chi connectivity index (χ0v) is 9.60. The fourth-order valence-electron chi connectivity index (χ4n) is 1.48. The number of fused-ring (bicyclic) bond motifs is 1. The first-order valence-corrected chi connectivity index (χ1v) is 5.05. The minimum atomic E-state index is -2.20. The van der Waals surface area contributed by atoms with Crippen LogP contribution in [0, 0.1) is 23.3 Å². The van der Waals surface area contributed by atoms with Gasteiger partial charge in [0.2, 0.25) is 11.6 Å². The molecule has 1 aliphatic rings. The lowest BCUT2D eigenvalue weighted by atomic mass is 9.93. The summed E-state index contributed by atoms with van der Waals surface area (Å²) in [6.07, 6.45) is 0. The third kappa shape index (κ3) is 1.49. The molecule has 1 aromatic rings. The molecule has 0 heterocycles. The molecular formula is C10Cl2F4O2. The highest BCUT2D eigenvalue weighted by Crippen LogP contribution is 2.35. The summed E-state index contributed by atoms with van der Waals surface area (Å²) in [5, 5.41) is -1.75. The lowest BCUT2D eigenvalue weighted by Gasteiger charge is -2.16. The van der Waals surface area contributed by atoms with Crippen LogP contribution in [-0.2, 0) is 0 Å². The van der Waals surface area contributed by atoms with Gasteiger partial charge in [0.05, 0.1) is 11.1 Å². The molecule has 2 rings (SSSR count). The van der Waals surface area contributed by atoms with E-state index >= 15 is 0 Å². The molecule has 1 aromatic carbocycles. The molecule has 0 spiro atoms. The monoisotopic (exact) mass is 298 g/mol. The van der Waals surface area contributed by atoms with E-state index < -0.39 is 56.0 Å². The molecule has 0 radical (unpaired) electrons. The van der Waals surface area contributed by atoms with Crippen LogP contribution in [0.25, 0.3) is 0 Å². The Balaban J connectivity index is 2.96. The highest BCUT2D eigenvalue weighted by Gasteiger charge is 2.39. The van der Waals surface area contributed by atoms with Crippen molar-refractivity contribution in [2.45, 2.75) is 0 Å². The summed E-state index contributed by atoms with van der Waals surface area (Å²) >= 11 is 10.7. The van der Waals surface area contributed by atoms with Crippen LogP contribution in [0.2, 0.25) is 0 Å². The molecule has 8 heteroatoms. The van der Waals surface area contributed by atoms with Gasteiger partial charge in [-0.3, -0.25) is 9.59 Å². The number of halogens is 6. The lowest BCUT2D eigenvalue weighted by molar-refractivity contribution is 0.0977. The van der Waals surface area contributed by atoms with Crippen molar-refractivity contribution >= 4 is 34.8 Å². The summed E-state index contributed by atoms with van der Waals surface area (Å²) in [6, 6.07) is 0. The first kappa shape index (κ1) is 13.0. The minimum absolute atomic E-state index is 0.876. The Labute approximate surface area is 107 Å². The Bertz CT molecular complexity index is 597. The minimum Gasteiger partial charge on any atom is -0.287 e. The molecule has 0 N–H and O–H groups in total. The third-order valence-corrected chi connectivity index (χ3v) is 3.13. The van der Waals surface area contributed by atoms with Crippen LogP contribution in [0.1, 0.15) is 20.7 Å². The second kappa shape index (κ2) is 4.07. The van der Waals surface area contributed by atoms with E-state index in [4.69, 9.17) is 23.2 Å².